The number of rotatable bonds is 5. The molecular weight excluding hydrogens is 500 g/mol. The summed E-state index contributed by atoms with van der Waals surface area (Å²) < 4.78 is 0. The molecule has 4 nitrogen and oxygen atoms in total. The summed E-state index contributed by atoms with van der Waals surface area (Å²) in [7, 11) is 0. The van der Waals surface area contributed by atoms with E-state index in [9.17, 15) is 9.59 Å². The van der Waals surface area contributed by atoms with Crippen molar-refractivity contribution < 1.29 is 9.59 Å². The Labute approximate surface area is 233 Å². The topological polar surface area (TPSA) is 49.4 Å². The van der Waals surface area contributed by atoms with E-state index < -0.39 is 0 Å². The molecule has 0 spiro atoms. The largest absolute Gasteiger partial charge is 0.345 e. The molecule has 0 fully saturated rings. The molecule has 1 heterocycles. The maximum atomic E-state index is 13.7. The Morgan fingerprint density at radius 3 is 2.54 bits per heavy atom. The minimum atomic E-state index is -0.0719. The van der Waals surface area contributed by atoms with Gasteiger partial charge in [-0.1, -0.05) is 84.6 Å². The van der Waals surface area contributed by atoms with Gasteiger partial charge < -0.3 is 10.2 Å². The number of benzene rings is 4. The predicted molar refractivity (Wildman–Crippen MR) is 159 cm³/mol. The Balaban J connectivity index is 1.22. The van der Waals surface area contributed by atoms with Gasteiger partial charge in [-0.05, 0) is 84.3 Å². The first-order valence-electron chi connectivity index (χ1n) is 13.4. The average molecular weight is 531 g/mol. The normalized spacial score (nSPS) is 17.5. The van der Waals surface area contributed by atoms with Gasteiger partial charge in [0.05, 0.1) is 23.2 Å². The van der Waals surface area contributed by atoms with E-state index in [0.717, 1.165) is 46.5 Å². The Hall–Kier alpha value is -4.09. The number of fused-ring (bicyclic) bond motifs is 2. The van der Waals surface area contributed by atoms with Crippen LogP contribution in [0.3, 0.4) is 0 Å². The van der Waals surface area contributed by atoms with Crippen LogP contribution < -0.4 is 10.2 Å². The number of hydrogen-bond acceptors (Lipinski definition) is 3. The van der Waals surface area contributed by atoms with Crippen molar-refractivity contribution in [2.24, 2.45) is 0 Å². The second kappa shape index (κ2) is 11.0. The van der Waals surface area contributed by atoms with Crippen LogP contribution in [0.1, 0.15) is 57.1 Å². The smallest absolute Gasteiger partial charge is 0.265 e. The summed E-state index contributed by atoms with van der Waals surface area (Å²) in [5.74, 6) is -0.0860. The van der Waals surface area contributed by atoms with Gasteiger partial charge in [-0.25, -0.2) is 0 Å². The average Bonchev–Trinajstić information content (AvgIpc) is 2.97. The van der Waals surface area contributed by atoms with E-state index in [2.05, 4.69) is 48.6 Å². The van der Waals surface area contributed by atoms with Crippen LogP contribution in [0.4, 0.5) is 5.69 Å². The number of carbonyl (C=O) groups excluding carboxylic acids is 2. The summed E-state index contributed by atoms with van der Waals surface area (Å²) in [6, 6.07) is 32.1. The lowest BCUT2D eigenvalue weighted by Crippen LogP contribution is -2.33. The lowest BCUT2D eigenvalue weighted by atomic mass is 9.87. The number of para-hydroxylation sites is 1. The van der Waals surface area contributed by atoms with Crippen LogP contribution in [0.25, 0.3) is 6.08 Å². The van der Waals surface area contributed by atoms with Gasteiger partial charge >= 0.3 is 0 Å². The zero-order valence-electron chi connectivity index (χ0n) is 21.9. The number of carbonyl (C=O) groups is 2. The van der Waals surface area contributed by atoms with Crippen molar-refractivity contribution in [3.05, 3.63) is 135 Å². The molecule has 1 N–H and O–H groups in total. The van der Waals surface area contributed by atoms with Crippen molar-refractivity contribution in [1.82, 2.24) is 5.32 Å². The maximum Gasteiger partial charge on any atom is 0.265 e. The van der Waals surface area contributed by atoms with Gasteiger partial charge in [-0.15, -0.1) is 0 Å². The lowest BCUT2D eigenvalue weighted by Gasteiger charge is -2.31. The van der Waals surface area contributed by atoms with Gasteiger partial charge in [-0.3, -0.25) is 9.59 Å². The second-order valence-corrected chi connectivity index (χ2v) is 11.2. The molecule has 194 valence electrons. The molecule has 0 radical (unpaired) electrons. The van der Waals surface area contributed by atoms with Crippen molar-refractivity contribution in [3.8, 4) is 0 Å². The van der Waals surface area contributed by atoms with E-state index in [4.69, 9.17) is 0 Å². The van der Waals surface area contributed by atoms with Gasteiger partial charge in [-0.2, -0.15) is 0 Å². The fourth-order valence-electron chi connectivity index (χ4n) is 5.40. The van der Waals surface area contributed by atoms with Crippen LogP contribution >= 0.6 is 11.8 Å². The number of hydrogen-bond donors (Lipinski definition) is 1. The minimum absolute atomic E-state index is 0.0141. The van der Waals surface area contributed by atoms with Gasteiger partial charge in [0.15, 0.2) is 0 Å². The summed E-state index contributed by atoms with van der Waals surface area (Å²) in [4.78, 5) is 30.3. The molecule has 39 heavy (non-hydrogen) atoms. The zero-order chi connectivity index (χ0) is 26.8. The molecule has 0 aromatic heterocycles. The van der Waals surface area contributed by atoms with Gasteiger partial charge in [0.2, 0.25) is 0 Å². The molecule has 4 aromatic rings. The number of thioether (sulfide) groups is 1. The molecule has 4 aromatic carbocycles. The van der Waals surface area contributed by atoms with Crippen LogP contribution in [-0.2, 0) is 17.8 Å². The molecule has 1 aliphatic heterocycles. The first kappa shape index (κ1) is 25.2. The van der Waals surface area contributed by atoms with E-state index in [1.54, 1.807) is 0 Å². The quantitative estimate of drug-likeness (QED) is 0.272. The van der Waals surface area contributed by atoms with Gasteiger partial charge in [0.1, 0.15) is 0 Å². The molecule has 1 unspecified atom stereocenters. The standard InChI is InChI=1S/C34H30N2O2S/c1-23-9-2-3-11-27(23)22-36-30-15-6-7-16-31(30)39-32(34(36)38)21-24-17-19-26(20-18-24)33(37)35-29-14-8-12-25-10-4-5-13-28(25)29/h2-7,9-11,13,15-21,29H,8,12,14,22H2,1H3,(H,35,37). The summed E-state index contributed by atoms with van der Waals surface area (Å²) in [6.45, 7) is 2.59. The molecular formula is C34H30N2O2S. The van der Waals surface area contributed by atoms with E-state index in [0.29, 0.717) is 17.0 Å². The number of anilines is 1. The predicted octanol–water partition coefficient (Wildman–Crippen LogP) is 7.48. The van der Waals surface area contributed by atoms with Crippen molar-refractivity contribution >= 4 is 35.3 Å². The van der Waals surface area contributed by atoms with Gasteiger partial charge in [0, 0.05) is 10.5 Å². The van der Waals surface area contributed by atoms with Crippen molar-refractivity contribution in [3.63, 3.8) is 0 Å². The third kappa shape index (κ3) is 5.27. The number of nitrogens with zero attached hydrogens (tertiary/aromatic N) is 1. The fraction of sp³-hybridized carbons (Fsp3) is 0.176. The number of nitrogens with one attached hydrogen (secondary N) is 1. The van der Waals surface area contributed by atoms with E-state index in [-0.39, 0.29) is 17.9 Å². The first-order chi connectivity index (χ1) is 19.1. The summed E-state index contributed by atoms with van der Waals surface area (Å²) in [5.41, 5.74) is 7.28. The Kier molecular flexibility index (Phi) is 7.08. The highest BCUT2D eigenvalue weighted by Crippen LogP contribution is 2.42. The third-order valence-electron chi connectivity index (χ3n) is 7.57. The van der Waals surface area contributed by atoms with Gasteiger partial charge in [0.25, 0.3) is 11.8 Å². The Bertz CT molecular complexity index is 1570. The molecule has 1 atom stereocenters. The first-order valence-corrected chi connectivity index (χ1v) is 14.2. The summed E-state index contributed by atoms with van der Waals surface area (Å²) >= 11 is 1.50. The van der Waals surface area contributed by atoms with Crippen molar-refractivity contribution in [2.75, 3.05) is 4.90 Å². The maximum absolute atomic E-state index is 13.7. The number of aryl methyl sites for hydroxylation is 2. The third-order valence-corrected chi connectivity index (χ3v) is 8.64. The molecule has 2 amide bonds. The molecule has 6 rings (SSSR count). The van der Waals surface area contributed by atoms with Crippen LogP contribution in [0.15, 0.2) is 107 Å². The van der Waals surface area contributed by atoms with Crippen LogP contribution in [0.2, 0.25) is 0 Å². The van der Waals surface area contributed by atoms with E-state index in [1.165, 1.54) is 22.9 Å². The van der Waals surface area contributed by atoms with Crippen molar-refractivity contribution in [1.29, 1.82) is 0 Å². The van der Waals surface area contributed by atoms with Crippen LogP contribution in [-0.4, -0.2) is 11.8 Å². The Morgan fingerprint density at radius 2 is 1.69 bits per heavy atom. The lowest BCUT2D eigenvalue weighted by molar-refractivity contribution is -0.114. The summed E-state index contributed by atoms with van der Waals surface area (Å²) in [5, 5.41) is 3.22. The molecule has 5 heteroatoms. The van der Waals surface area contributed by atoms with Crippen LogP contribution in [0.5, 0.6) is 0 Å². The second-order valence-electron chi connectivity index (χ2n) is 10.1. The zero-order valence-corrected chi connectivity index (χ0v) is 22.7. The fourth-order valence-corrected chi connectivity index (χ4v) is 6.46. The Morgan fingerprint density at radius 1 is 0.949 bits per heavy atom. The molecule has 0 saturated carbocycles. The number of amides is 2. The molecule has 1 aliphatic carbocycles. The van der Waals surface area contributed by atoms with E-state index in [1.807, 2.05) is 71.6 Å². The summed E-state index contributed by atoms with van der Waals surface area (Å²) in [6.07, 6.45) is 5.01. The van der Waals surface area contributed by atoms with E-state index >= 15 is 0 Å². The molecule has 0 saturated heterocycles. The van der Waals surface area contributed by atoms with Crippen LogP contribution in [0, 0.1) is 6.92 Å². The minimum Gasteiger partial charge on any atom is -0.345 e. The SMILES string of the molecule is Cc1ccccc1CN1C(=O)C(=Cc2ccc(C(=O)NC3CCCc4ccccc43)cc2)Sc2ccccc21. The highest BCUT2D eigenvalue weighted by atomic mass is 32.2. The molecule has 0 bridgehead atoms. The molecule has 2 aliphatic rings. The van der Waals surface area contributed by atoms with Crippen molar-refractivity contribution in [2.45, 2.75) is 43.7 Å². The highest BCUT2D eigenvalue weighted by Gasteiger charge is 2.29. The monoisotopic (exact) mass is 530 g/mol. The highest BCUT2D eigenvalue weighted by molar-refractivity contribution is 8.04.